The molecule has 0 fully saturated rings. The van der Waals surface area contributed by atoms with Crippen molar-refractivity contribution in [3.63, 3.8) is 0 Å². The summed E-state index contributed by atoms with van der Waals surface area (Å²) in [5, 5.41) is 4.56. The molecule has 0 aliphatic heterocycles. The van der Waals surface area contributed by atoms with E-state index in [2.05, 4.69) is 10.0 Å². The van der Waals surface area contributed by atoms with E-state index < -0.39 is 46.1 Å². The molecule has 1 atom stereocenters. The van der Waals surface area contributed by atoms with Crippen molar-refractivity contribution in [1.29, 1.82) is 0 Å². The number of nitrogens with one attached hydrogen (secondary N) is 3. The van der Waals surface area contributed by atoms with E-state index in [0.29, 0.717) is 0 Å². The third kappa shape index (κ3) is 8.18. The Hall–Kier alpha value is -2.46. The van der Waals surface area contributed by atoms with Crippen LogP contribution in [-0.2, 0) is 24.3 Å². The lowest BCUT2D eigenvalue weighted by Gasteiger charge is -2.21. The first kappa shape index (κ1) is 22.6. The molecule has 0 radical (unpaired) electrons. The number of carbonyl (C=O) groups excluding carboxylic acids is 3. The first-order chi connectivity index (χ1) is 12.3. The number of imide groups is 1. The summed E-state index contributed by atoms with van der Waals surface area (Å²) in [4.78, 5) is 35.2. The van der Waals surface area contributed by atoms with E-state index in [-0.39, 0.29) is 4.90 Å². The summed E-state index contributed by atoms with van der Waals surface area (Å²) in [6.07, 6.45) is -1.27. The molecule has 0 heterocycles. The number of aryl methyl sites for hydroxylation is 1. The van der Waals surface area contributed by atoms with Crippen LogP contribution in [0.25, 0.3) is 0 Å². The molecule has 0 aliphatic carbocycles. The topological polar surface area (TPSA) is 131 Å². The van der Waals surface area contributed by atoms with Gasteiger partial charge in [0, 0.05) is 5.54 Å². The van der Waals surface area contributed by atoms with Gasteiger partial charge in [0.05, 0.1) is 4.90 Å². The molecule has 0 aliphatic rings. The molecule has 150 valence electrons. The summed E-state index contributed by atoms with van der Waals surface area (Å²) in [6, 6.07) is 5.35. The summed E-state index contributed by atoms with van der Waals surface area (Å²) < 4.78 is 31.1. The maximum absolute atomic E-state index is 12.1. The molecule has 1 aromatic carbocycles. The SMILES string of the molecule is Cc1ccc(S(=O)(=O)NCC(=O)OC(C)C(=O)NC(=O)NC(C)(C)C)cc1. The zero-order chi connectivity index (χ0) is 20.8. The number of sulfonamides is 1. The molecule has 1 rings (SSSR count). The second-order valence-electron chi connectivity index (χ2n) is 6.96. The van der Waals surface area contributed by atoms with E-state index in [4.69, 9.17) is 4.74 Å². The first-order valence-electron chi connectivity index (χ1n) is 8.19. The Morgan fingerprint density at radius 3 is 2.19 bits per heavy atom. The predicted molar refractivity (Wildman–Crippen MR) is 98.3 cm³/mol. The van der Waals surface area contributed by atoms with Gasteiger partial charge in [0.25, 0.3) is 5.91 Å². The van der Waals surface area contributed by atoms with Crippen LogP contribution in [0.15, 0.2) is 29.2 Å². The molecule has 0 aromatic heterocycles. The summed E-state index contributed by atoms with van der Waals surface area (Å²) >= 11 is 0. The van der Waals surface area contributed by atoms with Crippen LogP contribution in [0.2, 0.25) is 0 Å². The van der Waals surface area contributed by atoms with Crippen LogP contribution in [0.4, 0.5) is 4.79 Å². The molecule has 10 heteroatoms. The van der Waals surface area contributed by atoms with E-state index in [9.17, 15) is 22.8 Å². The second-order valence-corrected chi connectivity index (χ2v) is 8.73. The summed E-state index contributed by atoms with van der Waals surface area (Å²) in [7, 11) is -3.88. The largest absolute Gasteiger partial charge is 0.452 e. The average molecular weight is 399 g/mol. The van der Waals surface area contributed by atoms with Gasteiger partial charge in [0.2, 0.25) is 10.0 Å². The van der Waals surface area contributed by atoms with Crippen LogP contribution < -0.4 is 15.4 Å². The number of hydrogen-bond acceptors (Lipinski definition) is 6. The number of carbonyl (C=O) groups is 3. The monoisotopic (exact) mass is 399 g/mol. The molecule has 27 heavy (non-hydrogen) atoms. The molecule has 1 aromatic rings. The van der Waals surface area contributed by atoms with Crippen molar-refractivity contribution in [2.45, 2.75) is 51.2 Å². The zero-order valence-electron chi connectivity index (χ0n) is 16.0. The molecule has 1 unspecified atom stereocenters. The molecule has 0 spiro atoms. The molecular formula is C17H25N3O6S. The lowest BCUT2D eigenvalue weighted by Crippen LogP contribution is -2.50. The number of urea groups is 1. The molecule has 3 N–H and O–H groups in total. The predicted octanol–water partition coefficient (Wildman–Crippen LogP) is 0.829. The Morgan fingerprint density at radius 1 is 1.11 bits per heavy atom. The maximum atomic E-state index is 12.1. The van der Waals surface area contributed by atoms with Crippen molar-refractivity contribution in [3.8, 4) is 0 Å². The van der Waals surface area contributed by atoms with Crippen molar-refractivity contribution < 1.29 is 27.5 Å². The molecular weight excluding hydrogens is 374 g/mol. The molecule has 0 saturated carbocycles. The van der Waals surface area contributed by atoms with Crippen molar-refractivity contribution in [2.24, 2.45) is 0 Å². The van der Waals surface area contributed by atoms with Crippen LogP contribution >= 0.6 is 0 Å². The Morgan fingerprint density at radius 2 is 1.67 bits per heavy atom. The highest BCUT2D eigenvalue weighted by atomic mass is 32.2. The third-order valence-electron chi connectivity index (χ3n) is 3.14. The Balaban J connectivity index is 2.52. The Bertz CT molecular complexity index is 797. The molecule has 0 saturated heterocycles. The number of benzene rings is 1. The number of ether oxygens (including phenoxy) is 1. The first-order valence-corrected chi connectivity index (χ1v) is 9.67. The lowest BCUT2D eigenvalue weighted by molar-refractivity contribution is -0.153. The van der Waals surface area contributed by atoms with Crippen LogP contribution in [-0.4, -0.2) is 44.5 Å². The van der Waals surface area contributed by atoms with Crippen molar-refractivity contribution in [1.82, 2.24) is 15.4 Å². The van der Waals surface area contributed by atoms with Gasteiger partial charge in [-0.3, -0.25) is 14.9 Å². The fraction of sp³-hybridized carbons (Fsp3) is 0.471. The fourth-order valence-electron chi connectivity index (χ4n) is 1.83. The molecule has 0 bridgehead atoms. The van der Waals surface area contributed by atoms with E-state index >= 15 is 0 Å². The van der Waals surface area contributed by atoms with Gasteiger partial charge in [-0.15, -0.1) is 0 Å². The number of rotatable bonds is 6. The standard InChI is InChI=1S/C17H25N3O6S/c1-11-6-8-13(9-7-11)27(24,25)18-10-14(21)26-12(2)15(22)19-16(23)20-17(3,4)5/h6-9,12,18H,10H2,1-5H3,(H2,19,20,22,23). The average Bonchev–Trinajstić information content (AvgIpc) is 2.51. The van der Waals surface area contributed by atoms with E-state index in [1.165, 1.54) is 19.1 Å². The van der Waals surface area contributed by atoms with Gasteiger partial charge < -0.3 is 10.1 Å². The van der Waals surface area contributed by atoms with E-state index in [1.54, 1.807) is 32.9 Å². The number of hydrogen-bond donors (Lipinski definition) is 3. The zero-order valence-corrected chi connectivity index (χ0v) is 16.8. The van der Waals surface area contributed by atoms with E-state index in [1.807, 2.05) is 12.2 Å². The highest BCUT2D eigenvalue weighted by Crippen LogP contribution is 2.09. The normalized spacial score (nSPS) is 12.8. The van der Waals surface area contributed by atoms with Crippen molar-refractivity contribution in [2.75, 3.05) is 6.54 Å². The van der Waals surface area contributed by atoms with Crippen LogP contribution in [0, 0.1) is 6.92 Å². The summed E-state index contributed by atoms with van der Waals surface area (Å²) in [5.41, 5.74) is 0.349. The number of amides is 3. The van der Waals surface area contributed by atoms with Crippen molar-refractivity contribution in [3.05, 3.63) is 29.8 Å². The van der Waals surface area contributed by atoms with Gasteiger partial charge in [-0.1, -0.05) is 17.7 Å². The minimum atomic E-state index is -3.88. The quantitative estimate of drug-likeness (QED) is 0.607. The second kappa shape index (κ2) is 8.96. The van der Waals surface area contributed by atoms with Crippen LogP contribution in [0.5, 0.6) is 0 Å². The molecule has 9 nitrogen and oxygen atoms in total. The minimum absolute atomic E-state index is 0.00513. The highest BCUT2D eigenvalue weighted by Gasteiger charge is 2.23. The summed E-state index contributed by atoms with van der Waals surface area (Å²) in [5.74, 6) is -1.78. The maximum Gasteiger partial charge on any atom is 0.321 e. The van der Waals surface area contributed by atoms with Gasteiger partial charge in [-0.2, -0.15) is 4.72 Å². The van der Waals surface area contributed by atoms with Gasteiger partial charge in [0.1, 0.15) is 6.54 Å². The Kier molecular flexibility index (Phi) is 7.49. The lowest BCUT2D eigenvalue weighted by atomic mass is 10.1. The van der Waals surface area contributed by atoms with Gasteiger partial charge in [-0.25, -0.2) is 13.2 Å². The molecule has 3 amide bonds. The number of esters is 1. The fourth-order valence-corrected chi connectivity index (χ4v) is 2.80. The summed E-state index contributed by atoms with van der Waals surface area (Å²) in [6.45, 7) is 7.64. The van der Waals surface area contributed by atoms with Gasteiger partial charge in [0.15, 0.2) is 6.10 Å². The highest BCUT2D eigenvalue weighted by molar-refractivity contribution is 7.89. The van der Waals surface area contributed by atoms with Crippen LogP contribution in [0.3, 0.4) is 0 Å². The Labute approximate surface area is 158 Å². The van der Waals surface area contributed by atoms with Crippen LogP contribution in [0.1, 0.15) is 33.3 Å². The van der Waals surface area contributed by atoms with Gasteiger partial charge in [-0.05, 0) is 46.8 Å². The third-order valence-corrected chi connectivity index (χ3v) is 4.56. The van der Waals surface area contributed by atoms with E-state index in [0.717, 1.165) is 5.56 Å². The van der Waals surface area contributed by atoms with Crippen molar-refractivity contribution >= 4 is 27.9 Å². The smallest absolute Gasteiger partial charge is 0.321 e. The van der Waals surface area contributed by atoms with Gasteiger partial charge >= 0.3 is 12.0 Å². The minimum Gasteiger partial charge on any atom is -0.452 e.